The quantitative estimate of drug-likeness (QED) is 0.902. The van der Waals surface area contributed by atoms with Gasteiger partial charge in [-0.05, 0) is 34.5 Å². The predicted octanol–water partition coefficient (Wildman–Crippen LogP) is 4.27. The summed E-state index contributed by atoms with van der Waals surface area (Å²) in [5.41, 5.74) is 1.78. The van der Waals surface area contributed by atoms with Crippen molar-refractivity contribution in [3.05, 3.63) is 50.6 Å². The summed E-state index contributed by atoms with van der Waals surface area (Å²) in [5.74, 6) is 0.625. The molecule has 0 bridgehead atoms. The molecular formula is C14H13Cl2N3OS. The molecule has 0 fully saturated rings. The van der Waals surface area contributed by atoms with Crippen LogP contribution in [0.5, 0.6) is 0 Å². The molecule has 1 aromatic carbocycles. The Balaban J connectivity index is 1.67. The minimum absolute atomic E-state index is 0.514. The van der Waals surface area contributed by atoms with E-state index in [1.807, 2.05) is 11.4 Å². The van der Waals surface area contributed by atoms with Gasteiger partial charge in [-0.1, -0.05) is 29.3 Å². The number of benzene rings is 1. The standard InChI is InChI=1S/C14H13Cl2N3OS/c15-11-2-1-3-12(16)13(11)18-14-17-5-6-19(14)20-8-10-4-7-21-9-10/h1-4,7,9H,5-6,8H2,(H,17,18). The van der Waals surface area contributed by atoms with E-state index in [4.69, 9.17) is 28.0 Å². The summed E-state index contributed by atoms with van der Waals surface area (Å²) in [5, 5.41) is 10.1. The number of thiophene rings is 1. The molecule has 0 saturated carbocycles. The summed E-state index contributed by atoms with van der Waals surface area (Å²) >= 11 is 14.0. The summed E-state index contributed by atoms with van der Waals surface area (Å²) in [6, 6.07) is 7.40. The smallest absolute Gasteiger partial charge is 0.223 e. The molecular weight excluding hydrogens is 329 g/mol. The van der Waals surface area contributed by atoms with E-state index >= 15 is 0 Å². The van der Waals surface area contributed by atoms with Crippen LogP contribution in [0.4, 0.5) is 5.69 Å². The average molecular weight is 342 g/mol. The zero-order chi connectivity index (χ0) is 14.7. The second kappa shape index (κ2) is 6.66. The van der Waals surface area contributed by atoms with Gasteiger partial charge in [0.1, 0.15) is 6.61 Å². The number of hydroxylamine groups is 2. The number of guanidine groups is 1. The highest BCUT2D eigenvalue weighted by Gasteiger charge is 2.20. The van der Waals surface area contributed by atoms with Gasteiger partial charge in [0.05, 0.1) is 28.8 Å². The number of rotatable bonds is 4. The van der Waals surface area contributed by atoms with Gasteiger partial charge in [-0.3, -0.25) is 4.84 Å². The van der Waals surface area contributed by atoms with Crippen LogP contribution in [0.25, 0.3) is 0 Å². The minimum Gasteiger partial charge on any atom is -0.322 e. The van der Waals surface area contributed by atoms with Gasteiger partial charge in [-0.25, -0.2) is 10.1 Å². The Morgan fingerprint density at radius 1 is 1.29 bits per heavy atom. The predicted molar refractivity (Wildman–Crippen MR) is 88.2 cm³/mol. The van der Waals surface area contributed by atoms with E-state index in [1.54, 1.807) is 34.6 Å². The Labute approximate surface area is 136 Å². The normalized spacial score (nSPS) is 14.4. The number of halogens is 2. The van der Waals surface area contributed by atoms with E-state index in [1.165, 1.54) is 0 Å². The molecule has 0 radical (unpaired) electrons. The van der Waals surface area contributed by atoms with E-state index in [0.717, 1.165) is 5.56 Å². The number of para-hydroxylation sites is 1. The van der Waals surface area contributed by atoms with Crippen molar-refractivity contribution in [3.63, 3.8) is 0 Å². The molecule has 1 aliphatic heterocycles. The highest BCUT2D eigenvalue weighted by atomic mass is 35.5. The van der Waals surface area contributed by atoms with Crippen molar-refractivity contribution in [1.29, 1.82) is 0 Å². The monoisotopic (exact) mass is 341 g/mol. The van der Waals surface area contributed by atoms with Gasteiger partial charge in [0.2, 0.25) is 5.96 Å². The maximum Gasteiger partial charge on any atom is 0.223 e. The van der Waals surface area contributed by atoms with Crippen molar-refractivity contribution in [2.75, 3.05) is 18.4 Å². The van der Waals surface area contributed by atoms with Gasteiger partial charge >= 0.3 is 0 Å². The Hall–Kier alpha value is -1.27. The van der Waals surface area contributed by atoms with Crippen LogP contribution < -0.4 is 5.32 Å². The van der Waals surface area contributed by atoms with Crippen molar-refractivity contribution in [1.82, 2.24) is 5.06 Å². The summed E-state index contributed by atoms with van der Waals surface area (Å²) in [6.07, 6.45) is 0. The van der Waals surface area contributed by atoms with Crippen molar-refractivity contribution < 1.29 is 4.84 Å². The van der Waals surface area contributed by atoms with Crippen LogP contribution >= 0.6 is 34.5 Å². The van der Waals surface area contributed by atoms with E-state index in [0.29, 0.717) is 41.4 Å². The third kappa shape index (κ3) is 3.49. The summed E-state index contributed by atoms with van der Waals surface area (Å²) < 4.78 is 0. The first-order valence-corrected chi connectivity index (χ1v) is 8.11. The maximum absolute atomic E-state index is 6.15. The van der Waals surface area contributed by atoms with Crippen LogP contribution in [0.15, 0.2) is 40.0 Å². The molecule has 0 aliphatic carbocycles. The van der Waals surface area contributed by atoms with Gasteiger partial charge in [0, 0.05) is 0 Å². The Kier molecular flexibility index (Phi) is 4.65. The van der Waals surface area contributed by atoms with Crippen LogP contribution in [0.3, 0.4) is 0 Å². The van der Waals surface area contributed by atoms with E-state index in [9.17, 15) is 0 Å². The number of hydrogen-bond acceptors (Lipinski definition) is 5. The van der Waals surface area contributed by atoms with Crippen LogP contribution in [-0.2, 0) is 11.4 Å². The van der Waals surface area contributed by atoms with Crippen LogP contribution in [0, 0.1) is 0 Å². The molecule has 0 saturated heterocycles. The van der Waals surface area contributed by atoms with E-state index in [2.05, 4.69) is 15.7 Å². The molecule has 0 amide bonds. The Bertz CT molecular complexity index is 625. The third-order valence-corrected chi connectivity index (χ3v) is 4.33. The van der Waals surface area contributed by atoms with Gasteiger partial charge in [0.25, 0.3) is 0 Å². The fourth-order valence-corrected chi connectivity index (χ4v) is 3.06. The number of aliphatic imine (C=N–C) groups is 1. The Morgan fingerprint density at radius 3 is 2.81 bits per heavy atom. The molecule has 3 rings (SSSR count). The SMILES string of the molecule is Clc1cccc(Cl)c1NC1=NCCN1OCc1ccsc1. The molecule has 1 N–H and O–H groups in total. The average Bonchev–Trinajstić information content (AvgIpc) is 3.12. The van der Waals surface area contributed by atoms with Crippen molar-refractivity contribution in [3.8, 4) is 0 Å². The Morgan fingerprint density at radius 2 is 2.10 bits per heavy atom. The van der Waals surface area contributed by atoms with Gasteiger partial charge in [0.15, 0.2) is 0 Å². The summed E-state index contributed by atoms with van der Waals surface area (Å²) in [6.45, 7) is 1.89. The lowest BCUT2D eigenvalue weighted by Crippen LogP contribution is -2.33. The molecule has 1 aromatic heterocycles. The molecule has 1 aliphatic rings. The zero-order valence-corrected chi connectivity index (χ0v) is 13.4. The fraction of sp³-hybridized carbons (Fsp3) is 0.214. The highest BCUT2D eigenvalue weighted by Crippen LogP contribution is 2.30. The fourth-order valence-electron chi connectivity index (χ4n) is 1.92. The van der Waals surface area contributed by atoms with Crippen molar-refractivity contribution in [2.45, 2.75) is 6.61 Å². The molecule has 21 heavy (non-hydrogen) atoms. The molecule has 2 heterocycles. The minimum atomic E-state index is 0.514. The van der Waals surface area contributed by atoms with Gasteiger partial charge < -0.3 is 5.32 Å². The highest BCUT2D eigenvalue weighted by molar-refractivity contribution is 7.07. The third-order valence-electron chi connectivity index (χ3n) is 2.97. The second-order valence-corrected chi connectivity index (χ2v) is 6.03. The molecule has 7 heteroatoms. The lowest BCUT2D eigenvalue weighted by molar-refractivity contribution is -0.103. The first-order chi connectivity index (χ1) is 10.2. The van der Waals surface area contributed by atoms with Crippen LogP contribution in [-0.4, -0.2) is 24.1 Å². The first-order valence-electron chi connectivity index (χ1n) is 6.41. The van der Waals surface area contributed by atoms with E-state index < -0.39 is 0 Å². The largest absolute Gasteiger partial charge is 0.322 e. The number of nitrogens with one attached hydrogen (secondary N) is 1. The van der Waals surface area contributed by atoms with Crippen molar-refractivity contribution in [2.24, 2.45) is 4.99 Å². The van der Waals surface area contributed by atoms with Gasteiger partial charge in [-0.15, -0.1) is 0 Å². The second-order valence-electron chi connectivity index (χ2n) is 4.43. The lowest BCUT2D eigenvalue weighted by atomic mass is 10.3. The summed E-state index contributed by atoms with van der Waals surface area (Å²) in [7, 11) is 0. The molecule has 4 nitrogen and oxygen atoms in total. The van der Waals surface area contributed by atoms with Crippen molar-refractivity contribution >= 4 is 46.2 Å². The van der Waals surface area contributed by atoms with E-state index in [-0.39, 0.29) is 0 Å². The number of hydrogen-bond donors (Lipinski definition) is 1. The molecule has 110 valence electrons. The van der Waals surface area contributed by atoms with Crippen LogP contribution in [0.1, 0.15) is 5.56 Å². The summed E-state index contributed by atoms with van der Waals surface area (Å²) in [4.78, 5) is 10.2. The lowest BCUT2D eigenvalue weighted by Gasteiger charge is -2.21. The number of nitrogens with zero attached hydrogens (tertiary/aromatic N) is 2. The maximum atomic E-state index is 6.15. The molecule has 0 spiro atoms. The van der Waals surface area contributed by atoms with Crippen LogP contribution in [0.2, 0.25) is 10.0 Å². The van der Waals surface area contributed by atoms with Gasteiger partial charge in [-0.2, -0.15) is 11.3 Å². The molecule has 0 unspecified atom stereocenters. The topological polar surface area (TPSA) is 36.9 Å². The number of anilines is 1. The zero-order valence-electron chi connectivity index (χ0n) is 11.1. The molecule has 2 aromatic rings. The first kappa shape index (κ1) is 14.7. The molecule has 0 atom stereocenters.